The van der Waals surface area contributed by atoms with Gasteiger partial charge in [-0.2, -0.15) is 0 Å². The average molecular weight is 239 g/mol. The summed E-state index contributed by atoms with van der Waals surface area (Å²) in [6.45, 7) is 0. The Labute approximate surface area is 96.4 Å². The van der Waals surface area contributed by atoms with E-state index >= 15 is 0 Å². The molecule has 0 spiro atoms. The van der Waals surface area contributed by atoms with E-state index in [2.05, 4.69) is 0 Å². The Morgan fingerprint density at radius 3 is 2.76 bits per heavy atom. The number of halogens is 1. The monoisotopic (exact) mass is 239 g/mol. The third-order valence-electron chi connectivity index (χ3n) is 2.64. The average Bonchev–Trinajstić information content (AvgIpc) is 2.26. The zero-order chi connectivity index (χ0) is 12.6. The highest BCUT2D eigenvalue weighted by molar-refractivity contribution is 6.12. The van der Waals surface area contributed by atoms with Crippen LogP contribution in [0.5, 0.6) is 0 Å². The fourth-order valence-corrected chi connectivity index (χ4v) is 1.85. The molecule has 2 rings (SSSR count). The molecule has 0 aromatic heterocycles. The van der Waals surface area contributed by atoms with Gasteiger partial charge in [-0.15, -0.1) is 0 Å². The van der Waals surface area contributed by atoms with E-state index in [9.17, 15) is 14.0 Å². The minimum atomic E-state index is -1.18. The van der Waals surface area contributed by atoms with Gasteiger partial charge >= 0.3 is 5.97 Å². The summed E-state index contributed by atoms with van der Waals surface area (Å²) < 4.78 is 17.8. The number of ether oxygens (including phenoxy) is 1. The van der Waals surface area contributed by atoms with Crippen molar-refractivity contribution in [2.24, 2.45) is 0 Å². The molecule has 1 aromatic rings. The number of carbonyl (C=O) groups is 2. The number of carboxylic acids is 1. The van der Waals surface area contributed by atoms with Gasteiger partial charge < -0.3 is 9.84 Å². The van der Waals surface area contributed by atoms with Crippen molar-refractivity contribution < 1.29 is 23.8 Å². The van der Waals surface area contributed by atoms with Crippen LogP contribution in [0.3, 0.4) is 0 Å². The van der Waals surface area contributed by atoms with Gasteiger partial charge in [0, 0.05) is 12.8 Å². The maximum Gasteiger partial charge on any atom is 0.330 e. The Hall–Kier alpha value is -1.95. The van der Waals surface area contributed by atoms with Crippen molar-refractivity contribution in [2.45, 2.75) is 12.1 Å². The predicted octanol–water partition coefficient (Wildman–Crippen LogP) is 0.641. The van der Waals surface area contributed by atoms with Gasteiger partial charge in [0.1, 0.15) is 5.82 Å². The molecule has 2 atom stereocenters. The molecule has 1 amide bonds. The zero-order valence-electron chi connectivity index (χ0n) is 8.96. The van der Waals surface area contributed by atoms with Crippen molar-refractivity contribution in [1.29, 1.82) is 0 Å². The number of methoxy groups -OCH3 is 1. The number of nitrogens with zero attached hydrogens (tertiary/aromatic N) is 1. The van der Waals surface area contributed by atoms with Crippen LogP contribution >= 0.6 is 0 Å². The Bertz CT molecular complexity index is 476. The quantitative estimate of drug-likeness (QED) is 0.786. The van der Waals surface area contributed by atoms with E-state index < -0.39 is 29.8 Å². The van der Waals surface area contributed by atoms with Crippen LogP contribution in [0.1, 0.15) is 0 Å². The molecule has 1 fully saturated rings. The fraction of sp³-hybridized carbons (Fsp3) is 0.273. The summed E-state index contributed by atoms with van der Waals surface area (Å²) in [6.07, 6.45) is -1.00. The van der Waals surface area contributed by atoms with Gasteiger partial charge in [-0.3, -0.25) is 9.69 Å². The molecule has 1 heterocycles. The van der Waals surface area contributed by atoms with Gasteiger partial charge in [0.2, 0.25) is 0 Å². The first kappa shape index (κ1) is 11.5. The van der Waals surface area contributed by atoms with Crippen molar-refractivity contribution >= 4 is 17.6 Å². The molecular formula is C11H10FNO4. The van der Waals surface area contributed by atoms with Crippen molar-refractivity contribution in [3.05, 3.63) is 30.1 Å². The maximum absolute atomic E-state index is 13.0. The van der Waals surface area contributed by atoms with Crippen LogP contribution in [-0.2, 0) is 14.3 Å². The maximum atomic E-state index is 13.0. The molecule has 6 heteroatoms. The summed E-state index contributed by atoms with van der Waals surface area (Å²) in [4.78, 5) is 23.6. The van der Waals surface area contributed by atoms with E-state index in [1.807, 2.05) is 0 Å². The third-order valence-corrected chi connectivity index (χ3v) is 2.64. The SMILES string of the molecule is COC1C(=O)N(c2cccc(F)c2)C1C(=O)O. The Morgan fingerprint density at radius 1 is 1.53 bits per heavy atom. The van der Waals surface area contributed by atoms with Gasteiger partial charge in [0.15, 0.2) is 12.1 Å². The van der Waals surface area contributed by atoms with E-state index in [4.69, 9.17) is 9.84 Å². The Morgan fingerprint density at radius 2 is 2.24 bits per heavy atom. The number of hydrogen-bond donors (Lipinski definition) is 1. The number of rotatable bonds is 3. The summed E-state index contributed by atoms with van der Waals surface area (Å²) >= 11 is 0. The summed E-state index contributed by atoms with van der Waals surface area (Å²) in [6, 6.07) is 4.12. The molecule has 0 bridgehead atoms. The first-order valence-corrected chi connectivity index (χ1v) is 4.90. The first-order chi connectivity index (χ1) is 8.06. The third kappa shape index (κ3) is 1.76. The number of carbonyl (C=O) groups excluding carboxylic acids is 1. The fourth-order valence-electron chi connectivity index (χ4n) is 1.85. The lowest BCUT2D eigenvalue weighted by molar-refractivity contribution is -0.155. The minimum Gasteiger partial charge on any atom is -0.480 e. The summed E-state index contributed by atoms with van der Waals surface area (Å²) in [5, 5.41) is 8.99. The van der Waals surface area contributed by atoms with E-state index in [-0.39, 0.29) is 5.69 Å². The standard InChI is InChI=1S/C11H10FNO4/c1-17-9-8(11(15)16)13(10(9)14)7-4-2-3-6(12)5-7/h2-5,8-9H,1H3,(H,15,16). The van der Waals surface area contributed by atoms with Crippen LogP contribution in [0.2, 0.25) is 0 Å². The van der Waals surface area contributed by atoms with Crippen molar-refractivity contribution in [3.63, 3.8) is 0 Å². The summed E-state index contributed by atoms with van der Waals surface area (Å²) in [5.41, 5.74) is 0.218. The molecule has 1 saturated heterocycles. The van der Waals surface area contributed by atoms with Crippen LogP contribution in [0.4, 0.5) is 10.1 Å². The Balaban J connectivity index is 2.32. The van der Waals surface area contributed by atoms with Crippen molar-refractivity contribution in [2.75, 3.05) is 12.0 Å². The molecule has 1 aliphatic heterocycles. The lowest BCUT2D eigenvalue weighted by Gasteiger charge is -2.43. The van der Waals surface area contributed by atoms with Crippen molar-refractivity contribution in [3.8, 4) is 0 Å². The number of carboxylic acid groups (broad SMARTS) is 1. The lowest BCUT2D eigenvalue weighted by atomic mass is 9.96. The largest absolute Gasteiger partial charge is 0.480 e. The second kappa shape index (κ2) is 4.14. The minimum absolute atomic E-state index is 0.218. The highest BCUT2D eigenvalue weighted by Gasteiger charge is 2.53. The van der Waals surface area contributed by atoms with Gasteiger partial charge in [-0.05, 0) is 18.2 Å². The molecule has 0 radical (unpaired) electrons. The molecule has 90 valence electrons. The van der Waals surface area contributed by atoms with Crippen LogP contribution in [0.25, 0.3) is 0 Å². The van der Waals surface area contributed by atoms with Crippen LogP contribution in [0, 0.1) is 5.82 Å². The number of anilines is 1. The molecule has 1 aromatic carbocycles. The predicted molar refractivity (Wildman–Crippen MR) is 56.1 cm³/mol. The van der Waals surface area contributed by atoms with Crippen LogP contribution in [0.15, 0.2) is 24.3 Å². The molecule has 1 N–H and O–H groups in total. The molecule has 0 aliphatic carbocycles. The summed E-state index contributed by atoms with van der Waals surface area (Å²) in [5.74, 6) is -2.19. The van der Waals surface area contributed by atoms with Crippen LogP contribution in [-0.4, -0.2) is 36.2 Å². The van der Waals surface area contributed by atoms with E-state index in [0.717, 1.165) is 11.0 Å². The molecule has 2 unspecified atom stereocenters. The number of aliphatic carboxylic acids is 1. The number of β-lactam (4-membered cyclic amide) rings is 1. The second-order valence-electron chi connectivity index (χ2n) is 3.63. The topological polar surface area (TPSA) is 66.8 Å². The normalized spacial score (nSPS) is 23.4. The Kier molecular flexibility index (Phi) is 2.81. The number of amides is 1. The summed E-state index contributed by atoms with van der Waals surface area (Å²) in [7, 11) is 1.27. The lowest BCUT2D eigenvalue weighted by Crippen LogP contribution is -2.69. The number of hydrogen-bond acceptors (Lipinski definition) is 3. The molecule has 1 aliphatic rings. The molecule has 0 saturated carbocycles. The molecular weight excluding hydrogens is 229 g/mol. The van der Waals surface area contributed by atoms with Gasteiger partial charge in [-0.1, -0.05) is 6.07 Å². The molecule has 5 nitrogen and oxygen atoms in total. The number of benzene rings is 1. The molecule has 17 heavy (non-hydrogen) atoms. The smallest absolute Gasteiger partial charge is 0.330 e. The highest BCUT2D eigenvalue weighted by atomic mass is 19.1. The van der Waals surface area contributed by atoms with Crippen molar-refractivity contribution in [1.82, 2.24) is 0 Å². The van der Waals surface area contributed by atoms with E-state index in [1.165, 1.54) is 25.3 Å². The first-order valence-electron chi connectivity index (χ1n) is 4.90. The van der Waals surface area contributed by atoms with Gasteiger partial charge in [0.05, 0.1) is 0 Å². The van der Waals surface area contributed by atoms with Gasteiger partial charge in [-0.25, -0.2) is 9.18 Å². The highest BCUT2D eigenvalue weighted by Crippen LogP contribution is 2.30. The second-order valence-corrected chi connectivity index (χ2v) is 3.63. The van der Waals surface area contributed by atoms with E-state index in [1.54, 1.807) is 0 Å². The van der Waals surface area contributed by atoms with E-state index in [0.29, 0.717) is 0 Å². The van der Waals surface area contributed by atoms with Gasteiger partial charge in [0.25, 0.3) is 5.91 Å². The van der Waals surface area contributed by atoms with Crippen LogP contribution < -0.4 is 4.90 Å². The zero-order valence-corrected chi connectivity index (χ0v) is 8.96.